The van der Waals surface area contributed by atoms with Crippen molar-refractivity contribution in [2.45, 2.75) is 19.4 Å². The van der Waals surface area contributed by atoms with Crippen LogP contribution >= 0.6 is 15.9 Å². The van der Waals surface area contributed by atoms with Gasteiger partial charge in [-0.05, 0) is 47.9 Å². The van der Waals surface area contributed by atoms with Gasteiger partial charge in [0.2, 0.25) is 5.91 Å². The van der Waals surface area contributed by atoms with E-state index in [9.17, 15) is 9.59 Å². The van der Waals surface area contributed by atoms with E-state index in [4.69, 9.17) is 4.74 Å². The molecule has 6 nitrogen and oxygen atoms in total. The summed E-state index contributed by atoms with van der Waals surface area (Å²) < 4.78 is 7.50. The molecule has 1 aromatic rings. The van der Waals surface area contributed by atoms with E-state index in [2.05, 4.69) is 26.6 Å². The number of hydrogen-bond donors (Lipinski definition) is 2. The summed E-state index contributed by atoms with van der Waals surface area (Å²) in [7, 11) is 1.69. The van der Waals surface area contributed by atoms with Gasteiger partial charge in [0.05, 0.1) is 6.61 Å². The van der Waals surface area contributed by atoms with Gasteiger partial charge in [-0.15, -0.1) is 0 Å². The highest BCUT2D eigenvalue weighted by Gasteiger charge is 2.32. The Bertz CT molecular complexity index is 562. The standard InChI is InChI=1S/C15H22BrN3O3/c1-22-11-15(4-6-17-7-5-15)10-18-13(20)9-19-8-12(16)2-3-14(19)21/h2-3,8,17H,4-7,9-11H2,1H3,(H,18,20). The molecule has 1 saturated heterocycles. The Kier molecular flexibility index (Phi) is 6.16. The van der Waals surface area contributed by atoms with Gasteiger partial charge in [0.1, 0.15) is 6.54 Å². The lowest BCUT2D eigenvalue weighted by Gasteiger charge is -2.37. The molecule has 1 fully saturated rings. The molecule has 1 aliphatic heterocycles. The summed E-state index contributed by atoms with van der Waals surface area (Å²) in [6, 6.07) is 3.11. The number of hydrogen-bond acceptors (Lipinski definition) is 4. The SMILES string of the molecule is COCC1(CNC(=O)Cn2cc(Br)ccc2=O)CCNCC1. The Hall–Kier alpha value is -1.18. The van der Waals surface area contributed by atoms with Gasteiger partial charge >= 0.3 is 0 Å². The van der Waals surface area contributed by atoms with Crippen LogP contribution in [0.25, 0.3) is 0 Å². The fourth-order valence-corrected chi connectivity index (χ4v) is 3.14. The molecule has 0 saturated carbocycles. The molecule has 0 unspecified atom stereocenters. The van der Waals surface area contributed by atoms with Crippen molar-refractivity contribution in [3.05, 3.63) is 33.2 Å². The molecule has 0 spiro atoms. The number of piperidine rings is 1. The normalized spacial score (nSPS) is 17.2. The van der Waals surface area contributed by atoms with Crippen molar-refractivity contribution in [3.63, 3.8) is 0 Å². The number of nitrogens with one attached hydrogen (secondary N) is 2. The minimum Gasteiger partial charge on any atom is -0.384 e. The summed E-state index contributed by atoms with van der Waals surface area (Å²) >= 11 is 3.30. The quantitative estimate of drug-likeness (QED) is 0.773. The summed E-state index contributed by atoms with van der Waals surface area (Å²) in [5.41, 5.74) is -0.204. The zero-order valence-electron chi connectivity index (χ0n) is 12.7. The minimum atomic E-state index is -0.188. The molecule has 2 N–H and O–H groups in total. The number of amides is 1. The van der Waals surface area contributed by atoms with Crippen molar-refractivity contribution in [2.75, 3.05) is 33.4 Å². The lowest BCUT2D eigenvalue weighted by Crippen LogP contribution is -2.48. The van der Waals surface area contributed by atoms with Crippen LogP contribution in [0.3, 0.4) is 0 Å². The van der Waals surface area contributed by atoms with E-state index in [0.717, 1.165) is 30.4 Å². The average molecular weight is 372 g/mol. The van der Waals surface area contributed by atoms with Crippen LogP contribution in [-0.4, -0.2) is 43.8 Å². The van der Waals surface area contributed by atoms with Crippen LogP contribution in [0, 0.1) is 5.41 Å². The molecule has 2 heterocycles. The molecule has 0 aliphatic carbocycles. The van der Waals surface area contributed by atoms with Gasteiger partial charge in [-0.1, -0.05) is 0 Å². The van der Waals surface area contributed by atoms with E-state index in [1.54, 1.807) is 19.4 Å². The Labute approximate surface area is 138 Å². The summed E-state index contributed by atoms with van der Waals surface area (Å²) in [4.78, 5) is 23.8. The van der Waals surface area contributed by atoms with Gasteiger partial charge in [0, 0.05) is 35.8 Å². The van der Waals surface area contributed by atoms with E-state index in [0.29, 0.717) is 13.2 Å². The van der Waals surface area contributed by atoms with Gasteiger partial charge in [0.15, 0.2) is 0 Å². The first kappa shape index (κ1) is 17.2. The molecule has 1 aliphatic rings. The maximum Gasteiger partial charge on any atom is 0.251 e. The van der Waals surface area contributed by atoms with Crippen molar-refractivity contribution in [1.82, 2.24) is 15.2 Å². The van der Waals surface area contributed by atoms with Crippen molar-refractivity contribution in [1.29, 1.82) is 0 Å². The third-order valence-corrected chi connectivity index (χ3v) is 4.51. The minimum absolute atomic E-state index is 0.0160. The van der Waals surface area contributed by atoms with Crippen LogP contribution in [0.15, 0.2) is 27.6 Å². The number of nitrogens with zero attached hydrogens (tertiary/aromatic N) is 1. The Morgan fingerprint density at radius 3 is 2.86 bits per heavy atom. The molecule has 0 atom stereocenters. The number of carbonyl (C=O) groups excluding carboxylic acids is 1. The van der Waals surface area contributed by atoms with E-state index in [-0.39, 0.29) is 23.4 Å². The number of pyridine rings is 1. The molecule has 0 radical (unpaired) electrons. The first-order valence-electron chi connectivity index (χ1n) is 7.37. The first-order chi connectivity index (χ1) is 10.5. The van der Waals surface area contributed by atoms with E-state index >= 15 is 0 Å². The van der Waals surface area contributed by atoms with Crippen molar-refractivity contribution >= 4 is 21.8 Å². The number of aromatic nitrogens is 1. The van der Waals surface area contributed by atoms with Crippen LogP contribution in [0.4, 0.5) is 0 Å². The van der Waals surface area contributed by atoms with Gasteiger partial charge in [-0.3, -0.25) is 9.59 Å². The van der Waals surface area contributed by atoms with Crippen molar-refractivity contribution < 1.29 is 9.53 Å². The topological polar surface area (TPSA) is 72.4 Å². The second-order valence-corrected chi connectivity index (χ2v) is 6.69. The van der Waals surface area contributed by atoms with Crippen molar-refractivity contribution in [2.24, 2.45) is 5.41 Å². The molecular weight excluding hydrogens is 350 g/mol. The zero-order chi connectivity index (χ0) is 16.0. The van der Waals surface area contributed by atoms with Gasteiger partial charge in [0.25, 0.3) is 5.56 Å². The van der Waals surface area contributed by atoms with Gasteiger partial charge in [-0.25, -0.2) is 0 Å². The maximum atomic E-state index is 12.1. The number of methoxy groups -OCH3 is 1. The molecule has 1 amide bonds. The Balaban J connectivity index is 1.93. The van der Waals surface area contributed by atoms with E-state index in [1.807, 2.05) is 0 Å². The average Bonchev–Trinajstić information content (AvgIpc) is 2.50. The summed E-state index contributed by atoms with van der Waals surface area (Å²) in [6.45, 7) is 3.10. The molecule has 0 aromatic carbocycles. The smallest absolute Gasteiger partial charge is 0.251 e. The lowest BCUT2D eigenvalue weighted by molar-refractivity contribution is -0.122. The molecule has 7 heteroatoms. The summed E-state index contributed by atoms with van der Waals surface area (Å²) in [5.74, 6) is -0.158. The molecule has 122 valence electrons. The molecule has 2 rings (SSSR count). The van der Waals surface area contributed by atoms with Crippen LogP contribution in [-0.2, 0) is 16.1 Å². The fourth-order valence-electron chi connectivity index (χ4n) is 2.76. The highest BCUT2D eigenvalue weighted by molar-refractivity contribution is 9.10. The second kappa shape index (κ2) is 7.89. The largest absolute Gasteiger partial charge is 0.384 e. The fraction of sp³-hybridized carbons (Fsp3) is 0.600. The lowest BCUT2D eigenvalue weighted by atomic mass is 9.79. The predicted molar refractivity (Wildman–Crippen MR) is 87.8 cm³/mol. The molecule has 0 bridgehead atoms. The molecular formula is C15H22BrN3O3. The predicted octanol–water partition coefficient (Wildman–Crippen LogP) is 0.743. The zero-order valence-corrected chi connectivity index (χ0v) is 14.3. The van der Waals surface area contributed by atoms with Crippen LogP contribution in [0.2, 0.25) is 0 Å². The maximum absolute atomic E-state index is 12.1. The number of ether oxygens (including phenoxy) is 1. The first-order valence-corrected chi connectivity index (χ1v) is 8.16. The number of halogens is 1. The summed E-state index contributed by atoms with van der Waals surface area (Å²) in [5, 5.41) is 6.27. The summed E-state index contributed by atoms with van der Waals surface area (Å²) in [6.07, 6.45) is 3.56. The second-order valence-electron chi connectivity index (χ2n) is 5.77. The van der Waals surface area contributed by atoms with Gasteiger partial charge < -0.3 is 19.9 Å². The third kappa shape index (κ3) is 4.66. The van der Waals surface area contributed by atoms with Crippen molar-refractivity contribution in [3.8, 4) is 0 Å². The highest BCUT2D eigenvalue weighted by Crippen LogP contribution is 2.28. The van der Waals surface area contributed by atoms with E-state index < -0.39 is 0 Å². The number of rotatable bonds is 6. The highest BCUT2D eigenvalue weighted by atomic mass is 79.9. The third-order valence-electron chi connectivity index (χ3n) is 4.04. The monoisotopic (exact) mass is 371 g/mol. The number of carbonyl (C=O) groups is 1. The molecule has 22 heavy (non-hydrogen) atoms. The van der Waals surface area contributed by atoms with Crippen LogP contribution in [0.5, 0.6) is 0 Å². The Morgan fingerprint density at radius 1 is 1.45 bits per heavy atom. The van der Waals surface area contributed by atoms with E-state index in [1.165, 1.54) is 10.6 Å². The van der Waals surface area contributed by atoms with Crippen LogP contribution in [0.1, 0.15) is 12.8 Å². The van der Waals surface area contributed by atoms with Crippen LogP contribution < -0.4 is 16.2 Å². The Morgan fingerprint density at radius 2 is 2.18 bits per heavy atom. The van der Waals surface area contributed by atoms with Gasteiger partial charge in [-0.2, -0.15) is 0 Å². The molecule has 1 aromatic heterocycles.